The summed E-state index contributed by atoms with van der Waals surface area (Å²) in [7, 11) is 0. The minimum atomic E-state index is -1.47. The number of hydrogen-bond donors (Lipinski definition) is 1. The van der Waals surface area contributed by atoms with Crippen LogP contribution in [-0.4, -0.2) is 21.2 Å². The molecule has 19 heavy (non-hydrogen) atoms. The highest BCUT2D eigenvalue weighted by Crippen LogP contribution is 2.39. The van der Waals surface area contributed by atoms with Crippen LogP contribution in [-0.2, 0) is 0 Å². The number of hydrogen-bond acceptors (Lipinski definition) is 6. The van der Waals surface area contributed by atoms with E-state index in [2.05, 4.69) is 9.72 Å². The molecule has 0 unspecified atom stereocenters. The highest BCUT2D eigenvalue weighted by atomic mass is 32.1. The van der Waals surface area contributed by atoms with E-state index in [9.17, 15) is 14.9 Å². The predicted molar refractivity (Wildman–Crippen MR) is 67.6 cm³/mol. The van der Waals surface area contributed by atoms with E-state index in [0.717, 1.165) is 0 Å². The second-order valence-corrected chi connectivity index (χ2v) is 4.46. The van der Waals surface area contributed by atoms with Crippen molar-refractivity contribution in [2.45, 2.75) is 6.92 Å². The van der Waals surface area contributed by atoms with E-state index >= 15 is 0 Å². The van der Waals surface area contributed by atoms with Crippen LogP contribution in [0.2, 0.25) is 0 Å². The van der Waals surface area contributed by atoms with Crippen molar-refractivity contribution in [3.05, 3.63) is 39.5 Å². The van der Waals surface area contributed by atoms with Gasteiger partial charge in [-0.1, -0.05) is 0 Å². The first-order valence-corrected chi connectivity index (χ1v) is 5.96. The van der Waals surface area contributed by atoms with Crippen LogP contribution in [0.15, 0.2) is 23.8 Å². The maximum absolute atomic E-state index is 11.0. The van der Waals surface area contributed by atoms with Crippen molar-refractivity contribution in [2.75, 3.05) is 0 Å². The van der Waals surface area contributed by atoms with E-state index in [1.54, 1.807) is 12.4 Å². The molecule has 0 saturated carbocycles. The minimum Gasteiger partial charge on any atom is -0.449 e. The summed E-state index contributed by atoms with van der Waals surface area (Å²) in [6, 6.07) is 2.49. The molecule has 2 rings (SSSR count). The lowest BCUT2D eigenvalue weighted by Gasteiger charge is -2.09. The third-order valence-electron chi connectivity index (χ3n) is 2.47. The van der Waals surface area contributed by atoms with Crippen molar-refractivity contribution in [1.82, 2.24) is 4.98 Å². The van der Waals surface area contributed by atoms with Crippen molar-refractivity contribution in [1.29, 1.82) is 0 Å². The Morgan fingerprint density at radius 1 is 1.53 bits per heavy atom. The maximum atomic E-state index is 11.0. The van der Waals surface area contributed by atoms with Gasteiger partial charge in [0.25, 0.3) is 5.69 Å². The number of carbonyl (C=O) groups is 1. The molecule has 0 bridgehead atoms. The Balaban J connectivity index is 2.65. The lowest BCUT2D eigenvalue weighted by molar-refractivity contribution is -0.384. The lowest BCUT2D eigenvalue weighted by Crippen LogP contribution is -2.05. The predicted octanol–water partition coefficient (Wildman–Crippen LogP) is 3.08. The molecule has 98 valence electrons. The molecule has 0 spiro atoms. The standard InChI is InChI=1S/C11H8N2O5S/c1-6-8(18-11(14)15)3-2-7(13(16)17)10(6)9-4-12-5-19-9/h2-5H,1H3,(H,14,15). The third kappa shape index (κ3) is 2.52. The molecule has 0 atom stereocenters. The molecule has 1 aromatic heterocycles. The van der Waals surface area contributed by atoms with Gasteiger partial charge in [0.2, 0.25) is 0 Å². The first-order chi connectivity index (χ1) is 9.00. The minimum absolute atomic E-state index is 0.0708. The second kappa shape index (κ2) is 5.02. The van der Waals surface area contributed by atoms with Crippen molar-refractivity contribution < 1.29 is 19.6 Å². The van der Waals surface area contributed by atoms with Gasteiger partial charge >= 0.3 is 6.16 Å². The lowest BCUT2D eigenvalue weighted by atomic mass is 10.0. The van der Waals surface area contributed by atoms with Crippen molar-refractivity contribution in [2.24, 2.45) is 0 Å². The van der Waals surface area contributed by atoms with Crippen LogP contribution in [0.3, 0.4) is 0 Å². The van der Waals surface area contributed by atoms with Gasteiger partial charge in [0.05, 0.1) is 20.9 Å². The first-order valence-electron chi connectivity index (χ1n) is 5.08. The fourth-order valence-electron chi connectivity index (χ4n) is 1.69. The maximum Gasteiger partial charge on any atom is 0.511 e. The van der Waals surface area contributed by atoms with Gasteiger partial charge in [-0.15, -0.1) is 11.3 Å². The molecule has 1 heterocycles. The Morgan fingerprint density at radius 3 is 2.79 bits per heavy atom. The molecule has 0 aliphatic rings. The molecular formula is C11H8N2O5S. The molecule has 1 aromatic carbocycles. The summed E-state index contributed by atoms with van der Waals surface area (Å²) in [6.07, 6.45) is 0.0251. The van der Waals surface area contributed by atoms with Crippen LogP contribution in [0.1, 0.15) is 5.56 Å². The number of nitrogens with zero attached hydrogens (tertiary/aromatic N) is 2. The van der Waals surface area contributed by atoms with E-state index in [4.69, 9.17) is 5.11 Å². The largest absolute Gasteiger partial charge is 0.511 e. The Bertz CT molecular complexity index is 639. The number of aromatic nitrogens is 1. The molecule has 0 saturated heterocycles. The average Bonchev–Trinajstić information content (AvgIpc) is 2.83. The molecule has 0 amide bonds. The van der Waals surface area contributed by atoms with E-state index in [-0.39, 0.29) is 11.4 Å². The zero-order valence-electron chi connectivity index (χ0n) is 9.69. The van der Waals surface area contributed by atoms with E-state index in [1.165, 1.54) is 29.7 Å². The Kier molecular flexibility index (Phi) is 3.43. The quantitative estimate of drug-likeness (QED) is 0.401. The average molecular weight is 280 g/mol. The van der Waals surface area contributed by atoms with Gasteiger partial charge in [-0.05, 0) is 13.0 Å². The number of nitro benzene ring substituents is 1. The number of ether oxygens (including phenoxy) is 1. The van der Waals surface area contributed by atoms with Crippen LogP contribution >= 0.6 is 11.3 Å². The van der Waals surface area contributed by atoms with Crippen LogP contribution in [0.5, 0.6) is 5.75 Å². The first kappa shape index (κ1) is 13.0. The number of nitro groups is 1. The Hall–Kier alpha value is -2.48. The van der Waals surface area contributed by atoms with Gasteiger partial charge in [-0.2, -0.15) is 0 Å². The Labute approximate surface area is 111 Å². The van der Waals surface area contributed by atoms with Crippen molar-refractivity contribution in [3.63, 3.8) is 0 Å². The zero-order valence-corrected chi connectivity index (χ0v) is 10.5. The number of carboxylic acid groups (broad SMARTS) is 1. The van der Waals surface area contributed by atoms with Crippen molar-refractivity contribution >= 4 is 23.2 Å². The Morgan fingerprint density at radius 2 is 2.26 bits per heavy atom. The van der Waals surface area contributed by atoms with Crippen molar-refractivity contribution in [3.8, 4) is 16.2 Å². The van der Waals surface area contributed by atoms with Gasteiger partial charge in [0, 0.05) is 17.8 Å². The third-order valence-corrected chi connectivity index (χ3v) is 3.26. The van der Waals surface area contributed by atoms with Gasteiger partial charge in [0.15, 0.2) is 0 Å². The highest BCUT2D eigenvalue weighted by molar-refractivity contribution is 7.13. The van der Waals surface area contributed by atoms with Gasteiger partial charge < -0.3 is 9.84 Å². The van der Waals surface area contributed by atoms with Crippen LogP contribution in [0, 0.1) is 17.0 Å². The van der Waals surface area contributed by atoms with Gasteiger partial charge in [-0.3, -0.25) is 15.1 Å². The van der Waals surface area contributed by atoms with Crippen LogP contribution in [0.4, 0.5) is 10.5 Å². The summed E-state index contributed by atoms with van der Waals surface area (Å²) in [5.74, 6) is 0.0708. The smallest absolute Gasteiger partial charge is 0.449 e. The second-order valence-electron chi connectivity index (χ2n) is 3.57. The fraction of sp³-hybridized carbons (Fsp3) is 0.0909. The topological polar surface area (TPSA) is 103 Å². The number of thiazole rings is 1. The molecule has 2 aromatic rings. The van der Waals surface area contributed by atoms with E-state index in [1.807, 2.05) is 0 Å². The molecule has 8 heteroatoms. The van der Waals surface area contributed by atoms with Crippen LogP contribution < -0.4 is 4.74 Å². The summed E-state index contributed by atoms with van der Waals surface area (Å²) in [6.45, 7) is 1.57. The molecule has 0 radical (unpaired) electrons. The number of rotatable bonds is 3. The zero-order chi connectivity index (χ0) is 14.0. The summed E-state index contributed by atoms with van der Waals surface area (Å²) < 4.78 is 4.60. The SMILES string of the molecule is Cc1c(OC(=O)O)ccc([N+](=O)[O-])c1-c1cncs1. The van der Waals surface area contributed by atoms with E-state index in [0.29, 0.717) is 16.0 Å². The monoisotopic (exact) mass is 280 g/mol. The number of benzene rings is 1. The normalized spacial score (nSPS) is 10.2. The molecule has 0 fully saturated rings. The highest BCUT2D eigenvalue weighted by Gasteiger charge is 2.22. The summed E-state index contributed by atoms with van der Waals surface area (Å²) in [5.41, 5.74) is 2.15. The van der Waals surface area contributed by atoms with Gasteiger partial charge in [0.1, 0.15) is 5.75 Å². The summed E-state index contributed by atoms with van der Waals surface area (Å²) in [5, 5.41) is 19.7. The van der Waals surface area contributed by atoms with Crippen LogP contribution in [0.25, 0.3) is 10.4 Å². The molecular weight excluding hydrogens is 272 g/mol. The van der Waals surface area contributed by atoms with E-state index < -0.39 is 11.1 Å². The summed E-state index contributed by atoms with van der Waals surface area (Å²) >= 11 is 1.23. The van der Waals surface area contributed by atoms with Gasteiger partial charge in [-0.25, -0.2) is 4.79 Å². The fourth-order valence-corrected chi connectivity index (χ4v) is 2.42. The molecule has 0 aliphatic heterocycles. The molecule has 7 nitrogen and oxygen atoms in total. The molecule has 0 aliphatic carbocycles. The molecule has 1 N–H and O–H groups in total. The summed E-state index contributed by atoms with van der Waals surface area (Å²) in [4.78, 5) is 25.5.